The molecule has 0 aliphatic carbocycles. The van der Waals surface area contributed by atoms with Gasteiger partial charge in [-0.2, -0.15) is 0 Å². The molecule has 0 saturated heterocycles. The van der Waals surface area contributed by atoms with Gasteiger partial charge in [-0.15, -0.1) is 12.4 Å². The first-order valence-electron chi connectivity index (χ1n) is 7.09. The Morgan fingerprint density at radius 2 is 1.75 bits per heavy atom. The summed E-state index contributed by atoms with van der Waals surface area (Å²) < 4.78 is 0. The van der Waals surface area contributed by atoms with Gasteiger partial charge in [-0.1, -0.05) is 44.2 Å². The Labute approximate surface area is 128 Å². The van der Waals surface area contributed by atoms with E-state index in [0.29, 0.717) is 12.3 Å². The van der Waals surface area contributed by atoms with Gasteiger partial charge >= 0.3 is 0 Å². The Kier molecular flexibility index (Phi) is 9.26. The van der Waals surface area contributed by atoms with E-state index >= 15 is 0 Å². The number of halogens is 1. The molecule has 3 nitrogen and oxygen atoms in total. The van der Waals surface area contributed by atoms with E-state index in [1.165, 1.54) is 0 Å². The number of carbonyl (C=O) groups excluding carboxylic acids is 1. The molecular weight excluding hydrogens is 272 g/mol. The van der Waals surface area contributed by atoms with Crippen molar-refractivity contribution in [3.8, 4) is 0 Å². The number of carbonyl (C=O) groups is 1. The third-order valence-electron chi connectivity index (χ3n) is 3.20. The molecule has 1 rings (SSSR count). The third-order valence-corrected chi connectivity index (χ3v) is 3.20. The van der Waals surface area contributed by atoms with Crippen LogP contribution in [0.15, 0.2) is 30.3 Å². The monoisotopic (exact) mass is 298 g/mol. The second kappa shape index (κ2) is 9.78. The number of hydrogen-bond donors (Lipinski definition) is 2. The predicted molar refractivity (Wildman–Crippen MR) is 87.0 cm³/mol. The molecule has 0 heterocycles. The van der Waals surface area contributed by atoms with Crippen molar-refractivity contribution in [1.29, 1.82) is 0 Å². The number of amides is 1. The Balaban J connectivity index is 0.00000361. The molecule has 20 heavy (non-hydrogen) atoms. The highest BCUT2D eigenvalue weighted by atomic mass is 35.5. The molecule has 0 aromatic heterocycles. The van der Waals surface area contributed by atoms with Gasteiger partial charge in [0.1, 0.15) is 0 Å². The first-order valence-corrected chi connectivity index (χ1v) is 7.09. The lowest BCUT2D eigenvalue weighted by Crippen LogP contribution is -2.45. The largest absolute Gasteiger partial charge is 0.352 e. The van der Waals surface area contributed by atoms with Crippen LogP contribution in [-0.4, -0.2) is 18.0 Å². The molecule has 0 saturated carbocycles. The number of benzene rings is 1. The van der Waals surface area contributed by atoms with Gasteiger partial charge in [0.15, 0.2) is 0 Å². The van der Waals surface area contributed by atoms with E-state index in [1.54, 1.807) is 0 Å². The second-order valence-corrected chi connectivity index (χ2v) is 5.68. The van der Waals surface area contributed by atoms with Crippen LogP contribution in [0.25, 0.3) is 0 Å². The molecule has 0 radical (unpaired) electrons. The molecule has 2 unspecified atom stereocenters. The minimum atomic E-state index is -0.469. The van der Waals surface area contributed by atoms with E-state index < -0.39 is 6.04 Å². The normalized spacial score (nSPS) is 13.4. The molecule has 1 aromatic carbocycles. The summed E-state index contributed by atoms with van der Waals surface area (Å²) in [6.45, 7) is 6.42. The van der Waals surface area contributed by atoms with Crippen molar-refractivity contribution in [2.24, 2.45) is 11.7 Å². The van der Waals surface area contributed by atoms with Crippen molar-refractivity contribution in [3.63, 3.8) is 0 Å². The standard InChI is InChI=1S/C16H26N2O.ClH/c1-12(2)9-10-13(3)18-16(19)15(17)11-14-7-5-4-6-8-14;/h4-8,12-13,15H,9-11,17H2,1-3H3,(H,18,19);1H. The summed E-state index contributed by atoms with van der Waals surface area (Å²) in [5, 5.41) is 2.99. The summed E-state index contributed by atoms with van der Waals surface area (Å²) in [5.41, 5.74) is 7.04. The zero-order chi connectivity index (χ0) is 14.3. The summed E-state index contributed by atoms with van der Waals surface area (Å²) in [6, 6.07) is 9.60. The molecule has 3 N–H and O–H groups in total. The maximum Gasteiger partial charge on any atom is 0.237 e. The number of rotatable bonds is 7. The van der Waals surface area contributed by atoms with Crippen molar-refractivity contribution >= 4 is 18.3 Å². The summed E-state index contributed by atoms with van der Waals surface area (Å²) in [6.07, 6.45) is 2.71. The molecule has 0 bridgehead atoms. The molecular formula is C16H27ClN2O. The third kappa shape index (κ3) is 7.51. The zero-order valence-corrected chi connectivity index (χ0v) is 13.5. The summed E-state index contributed by atoms with van der Waals surface area (Å²) >= 11 is 0. The maximum atomic E-state index is 12.0. The lowest BCUT2D eigenvalue weighted by atomic mass is 10.0. The predicted octanol–water partition coefficient (Wildman–Crippen LogP) is 2.92. The van der Waals surface area contributed by atoms with Crippen LogP contribution in [0.4, 0.5) is 0 Å². The van der Waals surface area contributed by atoms with Crippen LogP contribution in [0.2, 0.25) is 0 Å². The fraction of sp³-hybridized carbons (Fsp3) is 0.562. The second-order valence-electron chi connectivity index (χ2n) is 5.68. The van der Waals surface area contributed by atoms with Gasteiger partial charge in [0.25, 0.3) is 0 Å². The molecule has 0 fully saturated rings. The molecule has 0 spiro atoms. The lowest BCUT2D eigenvalue weighted by Gasteiger charge is -2.18. The van der Waals surface area contributed by atoms with Gasteiger partial charge < -0.3 is 11.1 Å². The van der Waals surface area contributed by atoms with Crippen molar-refractivity contribution in [2.75, 3.05) is 0 Å². The Morgan fingerprint density at radius 3 is 2.30 bits per heavy atom. The van der Waals surface area contributed by atoms with Crippen molar-refractivity contribution in [3.05, 3.63) is 35.9 Å². The van der Waals surface area contributed by atoms with Crippen LogP contribution >= 0.6 is 12.4 Å². The van der Waals surface area contributed by atoms with Gasteiger partial charge in [-0.05, 0) is 37.7 Å². The number of hydrogen-bond acceptors (Lipinski definition) is 2. The summed E-state index contributed by atoms with van der Waals surface area (Å²) in [7, 11) is 0. The average Bonchev–Trinajstić information content (AvgIpc) is 2.37. The Morgan fingerprint density at radius 1 is 1.15 bits per heavy atom. The molecule has 2 atom stereocenters. The van der Waals surface area contributed by atoms with E-state index in [-0.39, 0.29) is 24.4 Å². The molecule has 1 aromatic rings. The van der Waals surface area contributed by atoms with Gasteiger partial charge in [0.05, 0.1) is 6.04 Å². The Bertz CT molecular complexity index is 381. The molecule has 4 heteroatoms. The van der Waals surface area contributed by atoms with Gasteiger partial charge in [0.2, 0.25) is 5.91 Å². The van der Waals surface area contributed by atoms with E-state index in [2.05, 4.69) is 19.2 Å². The Hall–Kier alpha value is -1.06. The van der Waals surface area contributed by atoms with E-state index in [1.807, 2.05) is 37.3 Å². The van der Waals surface area contributed by atoms with Gasteiger partial charge in [-0.25, -0.2) is 0 Å². The van der Waals surface area contributed by atoms with Crippen molar-refractivity contribution < 1.29 is 4.79 Å². The number of nitrogens with one attached hydrogen (secondary N) is 1. The molecule has 1 amide bonds. The van der Waals surface area contributed by atoms with Crippen LogP contribution in [0.5, 0.6) is 0 Å². The van der Waals surface area contributed by atoms with Crippen LogP contribution in [0, 0.1) is 5.92 Å². The van der Waals surface area contributed by atoms with E-state index in [9.17, 15) is 4.79 Å². The fourth-order valence-corrected chi connectivity index (χ4v) is 1.97. The van der Waals surface area contributed by atoms with Crippen LogP contribution in [0.1, 0.15) is 39.2 Å². The zero-order valence-electron chi connectivity index (χ0n) is 12.6. The SMILES string of the molecule is CC(C)CCC(C)NC(=O)C(N)Cc1ccccc1.Cl. The minimum Gasteiger partial charge on any atom is -0.352 e. The van der Waals surface area contributed by atoms with Gasteiger partial charge in [-0.3, -0.25) is 4.79 Å². The average molecular weight is 299 g/mol. The summed E-state index contributed by atoms with van der Waals surface area (Å²) in [5.74, 6) is 0.609. The molecule has 114 valence electrons. The van der Waals surface area contributed by atoms with Crippen LogP contribution < -0.4 is 11.1 Å². The molecule has 0 aliphatic heterocycles. The van der Waals surface area contributed by atoms with E-state index in [4.69, 9.17) is 5.73 Å². The number of nitrogens with two attached hydrogens (primary N) is 1. The van der Waals surface area contributed by atoms with Gasteiger partial charge in [0, 0.05) is 6.04 Å². The summed E-state index contributed by atoms with van der Waals surface area (Å²) in [4.78, 5) is 12.0. The fourth-order valence-electron chi connectivity index (χ4n) is 1.97. The first-order chi connectivity index (χ1) is 8.99. The van der Waals surface area contributed by atoms with Crippen molar-refractivity contribution in [1.82, 2.24) is 5.32 Å². The maximum absolute atomic E-state index is 12.0. The first kappa shape index (κ1) is 18.9. The van der Waals surface area contributed by atoms with Crippen LogP contribution in [0.3, 0.4) is 0 Å². The quantitative estimate of drug-likeness (QED) is 0.813. The van der Waals surface area contributed by atoms with E-state index in [0.717, 1.165) is 18.4 Å². The van der Waals surface area contributed by atoms with Crippen molar-refractivity contribution in [2.45, 2.75) is 52.1 Å². The van der Waals surface area contributed by atoms with Crippen LogP contribution in [-0.2, 0) is 11.2 Å². The highest BCUT2D eigenvalue weighted by Crippen LogP contribution is 2.07. The smallest absolute Gasteiger partial charge is 0.237 e. The highest BCUT2D eigenvalue weighted by molar-refractivity contribution is 5.85. The lowest BCUT2D eigenvalue weighted by molar-refractivity contribution is -0.123. The molecule has 0 aliphatic rings. The minimum absolute atomic E-state index is 0. The highest BCUT2D eigenvalue weighted by Gasteiger charge is 2.16. The topological polar surface area (TPSA) is 55.1 Å².